The molecule has 2 aromatic rings. The second-order valence-electron chi connectivity index (χ2n) is 10.9. The van der Waals surface area contributed by atoms with E-state index in [2.05, 4.69) is 46.0 Å². The standard InChI is InChI=1S/C28H38ClN5O4/c1-17(2)25-19(15-34(18(3)4)27(36)38-28(5,6)7)10-12-30-23(25)9-8-21-20(29)14-31-26(32-21)33-22-11-13-37-16-24(22)35/h10,12,14,17-18,22,24,35H,11,13,15-16H2,1-7H3,(H,31,32,33)/t22-,24-/m1/s1. The Balaban J connectivity index is 1.90. The van der Waals surface area contributed by atoms with Crippen LogP contribution in [-0.4, -0.2) is 68.1 Å². The molecule has 0 bridgehead atoms. The number of hydrogen-bond acceptors (Lipinski definition) is 8. The van der Waals surface area contributed by atoms with Crippen LogP contribution in [0.5, 0.6) is 0 Å². The first-order valence-electron chi connectivity index (χ1n) is 12.9. The third-order valence-corrected chi connectivity index (χ3v) is 6.21. The molecule has 0 unspecified atom stereocenters. The van der Waals surface area contributed by atoms with Crippen molar-refractivity contribution in [1.29, 1.82) is 0 Å². The number of nitrogens with one attached hydrogen (secondary N) is 1. The first-order chi connectivity index (χ1) is 17.9. The number of anilines is 1. The predicted octanol–water partition coefficient (Wildman–Crippen LogP) is 4.76. The Hall–Kier alpha value is -2.93. The van der Waals surface area contributed by atoms with Gasteiger partial charge in [-0.3, -0.25) is 0 Å². The van der Waals surface area contributed by atoms with E-state index in [1.54, 1.807) is 11.1 Å². The summed E-state index contributed by atoms with van der Waals surface area (Å²) >= 11 is 6.36. The molecule has 1 aliphatic heterocycles. The van der Waals surface area contributed by atoms with Gasteiger partial charge in [-0.15, -0.1) is 0 Å². The van der Waals surface area contributed by atoms with Gasteiger partial charge in [0.15, 0.2) is 0 Å². The molecule has 0 aromatic carbocycles. The van der Waals surface area contributed by atoms with E-state index in [-0.39, 0.29) is 30.7 Å². The number of rotatable bonds is 6. The Morgan fingerprint density at radius 1 is 1.26 bits per heavy atom. The van der Waals surface area contributed by atoms with E-state index >= 15 is 0 Å². The Bertz CT molecular complexity index is 1190. The summed E-state index contributed by atoms with van der Waals surface area (Å²) in [5.74, 6) is 6.61. The molecule has 2 aromatic heterocycles. The average molecular weight is 544 g/mol. The molecule has 1 fully saturated rings. The molecule has 0 saturated carbocycles. The highest BCUT2D eigenvalue weighted by atomic mass is 35.5. The molecule has 38 heavy (non-hydrogen) atoms. The summed E-state index contributed by atoms with van der Waals surface area (Å²) in [6.45, 7) is 14.8. The van der Waals surface area contributed by atoms with E-state index in [0.29, 0.717) is 41.9 Å². The van der Waals surface area contributed by atoms with E-state index in [1.165, 1.54) is 6.20 Å². The van der Waals surface area contributed by atoms with Crippen molar-refractivity contribution in [2.75, 3.05) is 18.5 Å². The number of hydrogen-bond donors (Lipinski definition) is 2. The highest BCUT2D eigenvalue weighted by Crippen LogP contribution is 2.25. The highest BCUT2D eigenvalue weighted by Gasteiger charge is 2.26. The molecule has 1 amide bonds. The Morgan fingerprint density at radius 3 is 2.61 bits per heavy atom. The minimum Gasteiger partial charge on any atom is -0.444 e. The van der Waals surface area contributed by atoms with E-state index in [9.17, 15) is 9.90 Å². The lowest BCUT2D eigenvalue weighted by Crippen LogP contribution is -2.42. The molecule has 3 heterocycles. The summed E-state index contributed by atoms with van der Waals surface area (Å²) in [6, 6.07) is 1.64. The summed E-state index contributed by atoms with van der Waals surface area (Å²) < 4.78 is 10.9. The van der Waals surface area contributed by atoms with Gasteiger partial charge in [-0.1, -0.05) is 25.4 Å². The van der Waals surface area contributed by atoms with Crippen LogP contribution in [0.1, 0.15) is 83.3 Å². The van der Waals surface area contributed by atoms with Gasteiger partial charge >= 0.3 is 6.09 Å². The van der Waals surface area contributed by atoms with Crippen molar-refractivity contribution in [3.05, 3.63) is 46.0 Å². The monoisotopic (exact) mass is 543 g/mol. The maximum Gasteiger partial charge on any atom is 0.410 e. The maximum absolute atomic E-state index is 12.9. The molecule has 9 nitrogen and oxygen atoms in total. The lowest BCUT2D eigenvalue weighted by Gasteiger charge is -2.31. The molecular weight excluding hydrogens is 506 g/mol. The number of aliphatic hydroxyl groups is 1. The second kappa shape index (κ2) is 12.7. The van der Waals surface area contributed by atoms with Crippen LogP contribution in [-0.2, 0) is 16.0 Å². The van der Waals surface area contributed by atoms with Gasteiger partial charge in [-0.2, -0.15) is 0 Å². The molecule has 1 saturated heterocycles. The van der Waals surface area contributed by atoms with Crippen LogP contribution < -0.4 is 5.32 Å². The number of carbonyl (C=O) groups is 1. The Labute approximate surface area is 230 Å². The molecule has 206 valence electrons. The normalized spacial score (nSPS) is 17.7. The van der Waals surface area contributed by atoms with E-state index in [1.807, 2.05) is 40.7 Å². The number of carbonyl (C=O) groups excluding carboxylic acids is 1. The van der Waals surface area contributed by atoms with Crippen molar-refractivity contribution in [2.24, 2.45) is 0 Å². The molecule has 0 spiro atoms. The van der Waals surface area contributed by atoms with Gasteiger partial charge in [-0.25, -0.2) is 19.7 Å². The molecule has 2 atom stereocenters. The van der Waals surface area contributed by atoms with Crippen molar-refractivity contribution in [2.45, 2.75) is 91.1 Å². The van der Waals surface area contributed by atoms with Crippen LogP contribution in [0.4, 0.5) is 10.7 Å². The van der Waals surface area contributed by atoms with Crippen LogP contribution in [0.15, 0.2) is 18.5 Å². The first kappa shape index (κ1) is 29.6. The number of nitrogens with zero attached hydrogens (tertiary/aromatic N) is 4. The molecule has 2 N–H and O–H groups in total. The average Bonchev–Trinajstić information content (AvgIpc) is 2.82. The van der Waals surface area contributed by atoms with E-state index in [4.69, 9.17) is 21.1 Å². The van der Waals surface area contributed by atoms with Crippen LogP contribution in [0.25, 0.3) is 0 Å². The number of aliphatic hydroxyl groups excluding tert-OH is 1. The molecule has 0 radical (unpaired) electrons. The van der Waals surface area contributed by atoms with Crippen molar-refractivity contribution < 1.29 is 19.4 Å². The minimum atomic E-state index is -0.649. The molecule has 0 aliphatic carbocycles. The van der Waals surface area contributed by atoms with Gasteiger partial charge in [0, 0.05) is 25.4 Å². The third-order valence-electron chi connectivity index (χ3n) is 5.93. The molecule has 3 rings (SSSR count). The lowest BCUT2D eigenvalue weighted by atomic mass is 9.95. The van der Waals surface area contributed by atoms with Crippen LogP contribution in [0.2, 0.25) is 5.02 Å². The van der Waals surface area contributed by atoms with Crippen LogP contribution >= 0.6 is 11.6 Å². The fraction of sp³-hybridized carbons (Fsp3) is 0.571. The summed E-state index contributed by atoms with van der Waals surface area (Å²) in [5.41, 5.74) is 2.25. The van der Waals surface area contributed by atoms with Crippen molar-refractivity contribution in [3.63, 3.8) is 0 Å². The SMILES string of the molecule is CC(C)c1c(CN(C(=O)OC(C)(C)C)C(C)C)ccnc1C#Cc1nc(N[C@@H]2CCOC[C@H]2O)ncc1Cl. The minimum absolute atomic E-state index is 0.0625. The first-order valence-corrected chi connectivity index (χ1v) is 13.3. The fourth-order valence-corrected chi connectivity index (χ4v) is 4.20. The second-order valence-corrected chi connectivity index (χ2v) is 11.3. The summed E-state index contributed by atoms with van der Waals surface area (Å²) in [4.78, 5) is 27.8. The number of ether oxygens (including phenoxy) is 2. The van der Waals surface area contributed by atoms with Crippen molar-refractivity contribution >= 4 is 23.6 Å². The van der Waals surface area contributed by atoms with Gasteiger partial charge in [0.2, 0.25) is 5.95 Å². The molecular formula is C28H38ClN5O4. The quantitative estimate of drug-likeness (QED) is 0.502. The topological polar surface area (TPSA) is 110 Å². The zero-order valence-corrected chi connectivity index (χ0v) is 24.0. The van der Waals surface area contributed by atoms with Gasteiger partial charge in [0.1, 0.15) is 17.0 Å². The summed E-state index contributed by atoms with van der Waals surface area (Å²) in [7, 11) is 0. The Kier molecular flexibility index (Phi) is 9.94. The summed E-state index contributed by atoms with van der Waals surface area (Å²) in [5, 5.41) is 13.6. The number of pyridine rings is 1. The number of amides is 1. The largest absolute Gasteiger partial charge is 0.444 e. The summed E-state index contributed by atoms with van der Waals surface area (Å²) in [6.07, 6.45) is 2.80. The highest BCUT2D eigenvalue weighted by molar-refractivity contribution is 6.31. The smallest absolute Gasteiger partial charge is 0.410 e. The molecule has 10 heteroatoms. The van der Waals surface area contributed by atoms with Crippen molar-refractivity contribution in [1.82, 2.24) is 19.9 Å². The lowest BCUT2D eigenvalue weighted by molar-refractivity contribution is -0.0136. The predicted molar refractivity (Wildman–Crippen MR) is 147 cm³/mol. The maximum atomic E-state index is 12.9. The third kappa shape index (κ3) is 8.03. The fourth-order valence-electron chi connectivity index (χ4n) is 4.06. The zero-order valence-electron chi connectivity index (χ0n) is 23.2. The van der Waals surface area contributed by atoms with Crippen LogP contribution in [0, 0.1) is 11.8 Å². The van der Waals surface area contributed by atoms with Crippen molar-refractivity contribution in [3.8, 4) is 11.8 Å². The Morgan fingerprint density at radius 2 is 1.97 bits per heavy atom. The van der Waals surface area contributed by atoms with Gasteiger partial charge in [0.05, 0.1) is 30.0 Å². The zero-order chi connectivity index (χ0) is 28.0. The van der Waals surface area contributed by atoms with Gasteiger partial charge in [0.25, 0.3) is 0 Å². The van der Waals surface area contributed by atoms with Gasteiger partial charge in [-0.05, 0) is 76.0 Å². The number of halogens is 1. The van der Waals surface area contributed by atoms with E-state index < -0.39 is 11.7 Å². The van der Waals surface area contributed by atoms with Crippen LogP contribution in [0.3, 0.4) is 0 Å². The molecule has 1 aliphatic rings. The van der Waals surface area contributed by atoms with E-state index in [0.717, 1.165) is 11.1 Å². The number of aromatic nitrogens is 3. The van der Waals surface area contributed by atoms with Gasteiger partial charge < -0.3 is 24.8 Å².